The molecule has 7 heteroatoms. The Morgan fingerprint density at radius 3 is 2.79 bits per heavy atom. The normalized spacial score (nSPS) is 17.9. The van der Waals surface area contributed by atoms with Crippen LogP contribution in [0.25, 0.3) is 0 Å². The van der Waals surface area contributed by atoms with Crippen molar-refractivity contribution in [2.45, 2.75) is 37.6 Å². The van der Waals surface area contributed by atoms with Crippen LogP contribution >= 0.6 is 27.3 Å². The van der Waals surface area contributed by atoms with Crippen molar-refractivity contribution in [1.29, 1.82) is 0 Å². The molecule has 1 unspecified atom stereocenters. The number of thiophene rings is 1. The van der Waals surface area contributed by atoms with Crippen LogP contribution < -0.4 is 5.32 Å². The van der Waals surface area contributed by atoms with Crippen LogP contribution in [0.15, 0.2) is 15.9 Å². The highest BCUT2D eigenvalue weighted by molar-refractivity contribution is 9.10. The summed E-state index contributed by atoms with van der Waals surface area (Å²) < 4.78 is 27.2. The molecule has 4 nitrogen and oxygen atoms in total. The van der Waals surface area contributed by atoms with Crippen molar-refractivity contribution in [3.8, 4) is 0 Å². The van der Waals surface area contributed by atoms with Crippen LogP contribution in [0, 0.1) is 0 Å². The van der Waals surface area contributed by atoms with Crippen molar-refractivity contribution in [2.75, 3.05) is 13.6 Å². The molecule has 0 saturated heterocycles. The number of hydrogen-bond donors (Lipinski definition) is 1. The summed E-state index contributed by atoms with van der Waals surface area (Å²) in [6, 6.07) is 2.50. The van der Waals surface area contributed by atoms with Crippen molar-refractivity contribution in [3.63, 3.8) is 0 Å². The molecule has 0 aromatic carbocycles. The van der Waals surface area contributed by atoms with Gasteiger partial charge in [-0.1, -0.05) is 0 Å². The van der Waals surface area contributed by atoms with Gasteiger partial charge < -0.3 is 5.32 Å². The zero-order valence-corrected chi connectivity index (χ0v) is 14.3. The second-order valence-electron chi connectivity index (χ2n) is 5.03. The van der Waals surface area contributed by atoms with E-state index < -0.39 is 10.0 Å². The zero-order valence-electron chi connectivity index (χ0n) is 11.1. The highest BCUT2D eigenvalue weighted by Crippen LogP contribution is 2.23. The third kappa shape index (κ3) is 4.26. The van der Waals surface area contributed by atoms with Crippen LogP contribution in [-0.4, -0.2) is 37.6 Å². The lowest BCUT2D eigenvalue weighted by molar-refractivity contribution is 0.456. The Bertz CT molecular complexity index is 526. The maximum Gasteiger partial charge on any atom is 0.218 e. The Hall–Kier alpha value is 0.0500. The van der Waals surface area contributed by atoms with Crippen LogP contribution in [0.3, 0.4) is 0 Å². The predicted octanol–water partition coefficient (Wildman–Crippen LogP) is 2.41. The van der Waals surface area contributed by atoms with Gasteiger partial charge in [-0.15, -0.1) is 11.3 Å². The third-order valence-electron chi connectivity index (χ3n) is 3.21. The van der Waals surface area contributed by atoms with Crippen molar-refractivity contribution in [2.24, 2.45) is 0 Å². The first-order valence-corrected chi connectivity index (χ1v) is 9.48. The minimum Gasteiger partial charge on any atom is -0.313 e. The summed E-state index contributed by atoms with van der Waals surface area (Å²) in [7, 11) is -1.58. The Kier molecular flexibility index (Phi) is 5.05. The summed E-state index contributed by atoms with van der Waals surface area (Å²) in [4.78, 5) is 1.04. The summed E-state index contributed by atoms with van der Waals surface area (Å²) in [6.07, 6.45) is 2.34. The molecular formula is C12H19BrN2O2S2. The van der Waals surface area contributed by atoms with Gasteiger partial charge in [-0.05, 0) is 41.8 Å². The highest BCUT2D eigenvalue weighted by Gasteiger charge is 2.28. The molecule has 2 rings (SSSR count). The van der Waals surface area contributed by atoms with Gasteiger partial charge >= 0.3 is 0 Å². The van der Waals surface area contributed by atoms with Gasteiger partial charge in [0.05, 0.1) is 5.25 Å². The Labute approximate surface area is 127 Å². The first-order chi connectivity index (χ1) is 8.89. The first kappa shape index (κ1) is 15.4. The third-order valence-corrected chi connectivity index (χ3v) is 7.08. The van der Waals surface area contributed by atoms with E-state index in [4.69, 9.17) is 0 Å². The number of sulfonamides is 1. The van der Waals surface area contributed by atoms with E-state index >= 15 is 0 Å². The summed E-state index contributed by atoms with van der Waals surface area (Å²) in [6.45, 7) is 2.74. The fourth-order valence-electron chi connectivity index (χ4n) is 1.78. The molecule has 1 N–H and O–H groups in total. The van der Waals surface area contributed by atoms with Gasteiger partial charge in [0.25, 0.3) is 0 Å². The van der Waals surface area contributed by atoms with Crippen molar-refractivity contribution < 1.29 is 8.42 Å². The fourth-order valence-corrected chi connectivity index (χ4v) is 4.60. The number of halogens is 1. The molecule has 1 aromatic rings. The van der Waals surface area contributed by atoms with Gasteiger partial charge in [-0.25, -0.2) is 8.42 Å². The van der Waals surface area contributed by atoms with Gasteiger partial charge in [0.1, 0.15) is 0 Å². The molecule has 1 aliphatic carbocycles. The molecule has 0 amide bonds. The summed E-state index contributed by atoms with van der Waals surface area (Å²) in [5.74, 6) is 0. The molecule has 1 aliphatic rings. The maximum atomic E-state index is 12.4. The Morgan fingerprint density at radius 1 is 1.58 bits per heavy atom. The van der Waals surface area contributed by atoms with Crippen LogP contribution in [0.2, 0.25) is 0 Å². The Morgan fingerprint density at radius 2 is 2.26 bits per heavy atom. The lowest BCUT2D eigenvalue weighted by atomic mass is 10.4. The first-order valence-electron chi connectivity index (χ1n) is 6.31. The quantitative estimate of drug-likeness (QED) is 0.805. The van der Waals surface area contributed by atoms with Crippen LogP contribution in [-0.2, 0) is 16.6 Å². The van der Waals surface area contributed by atoms with Crippen molar-refractivity contribution in [1.82, 2.24) is 9.62 Å². The lowest BCUT2D eigenvalue weighted by Gasteiger charge is -2.21. The monoisotopic (exact) mass is 366 g/mol. The van der Waals surface area contributed by atoms with Gasteiger partial charge in [-0.2, -0.15) is 4.31 Å². The zero-order chi connectivity index (χ0) is 14.0. The smallest absolute Gasteiger partial charge is 0.218 e. The Balaban J connectivity index is 1.92. The molecule has 1 aromatic heterocycles. The molecule has 0 bridgehead atoms. The molecule has 1 fully saturated rings. The summed E-state index contributed by atoms with van der Waals surface area (Å²) >= 11 is 4.95. The van der Waals surface area contributed by atoms with E-state index in [9.17, 15) is 8.42 Å². The summed E-state index contributed by atoms with van der Waals surface area (Å²) in [5, 5.41) is 4.85. The second-order valence-corrected chi connectivity index (χ2v) is 9.39. The predicted molar refractivity (Wildman–Crippen MR) is 82.9 cm³/mol. The van der Waals surface area contributed by atoms with E-state index in [0.717, 1.165) is 9.35 Å². The standard InChI is InChI=1S/C12H19BrN2O2S2/c1-9(6-14-11-3-4-11)19(16,17)15(2)7-12-5-10(13)8-18-12/h5,8-9,11,14H,3-4,6-7H2,1-2H3. The van der Waals surface area contributed by atoms with E-state index in [0.29, 0.717) is 19.1 Å². The average Bonchev–Trinajstić information content (AvgIpc) is 3.09. The molecule has 19 heavy (non-hydrogen) atoms. The van der Waals surface area contributed by atoms with Gasteiger partial charge in [-0.3, -0.25) is 0 Å². The molecule has 1 saturated carbocycles. The number of hydrogen-bond acceptors (Lipinski definition) is 4. The van der Waals surface area contributed by atoms with Crippen molar-refractivity contribution in [3.05, 3.63) is 20.8 Å². The number of rotatable bonds is 7. The molecule has 1 atom stereocenters. The SMILES string of the molecule is CC(CNC1CC1)S(=O)(=O)N(C)Cc1cc(Br)cs1. The minimum atomic E-state index is -3.23. The maximum absolute atomic E-state index is 12.4. The van der Waals surface area contributed by atoms with E-state index in [1.807, 2.05) is 11.4 Å². The van der Waals surface area contributed by atoms with Crippen molar-refractivity contribution >= 4 is 37.3 Å². The van der Waals surface area contributed by atoms with E-state index in [2.05, 4.69) is 21.2 Å². The van der Waals surface area contributed by atoms with Crippen LogP contribution in [0.4, 0.5) is 0 Å². The fraction of sp³-hybridized carbons (Fsp3) is 0.667. The molecule has 1 heterocycles. The lowest BCUT2D eigenvalue weighted by Crippen LogP contribution is -2.40. The van der Waals surface area contributed by atoms with E-state index in [1.165, 1.54) is 17.1 Å². The molecule has 0 spiro atoms. The average molecular weight is 367 g/mol. The largest absolute Gasteiger partial charge is 0.313 e. The van der Waals surface area contributed by atoms with Gasteiger partial charge in [0.2, 0.25) is 10.0 Å². The van der Waals surface area contributed by atoms with Gasteiger partial charge in [0.15, 0.2) is 0 Å². The molecule has 0 radical (unpaired) electrons. The second kappa shape index (κ2) is 6.22. The summed E-state index contributed by atoms with van der Waals surface area (Å²) in [5.41, 5.74) is 0. The number of nitrogens with zero attached hydrogens (tertiary/aromatic N) is 1. The molecule has 0 aliphatic heterocycles. The number of nitrogens with one attached hydrogen (secondary N) is 1. The molecular weight excluding hydrogens is 348 g/mol. The topological polar surface area (TPSA) is 49.4 Å². The molecule has 108 valence electrons. The highest BCUT2D eigenvalue weighted by atomic mass is 79.9. The van der Waals surface area contributed by atoms with Crippen LogP contribution in [0.1, 0.15) is 24.6 Å². The van der Waals surface area contributed by atoms with E-state index in [1.54, 1.807) is 25.3 Å². The van der Waals surface area contributed by atoms with Crippen LogP contribution in [0.5, 0.6) is 0 Å². The minimum absolute atomic E-state index is 0.387. The van der Waals surface area contributed by atoms with E-state index in [-0.39, 0.29) is 5.25 Å². The van der Waals surface area contributed by atoms with Gasteiger partial charge in [0, 0.05) is 40.9 Å².